The van der Waals surface area contributed by atoms with Gasteiger partial charge in [0.15, 0.2) is 0 Å². The number of hydrogen-bond acceptors (Lipinski definition) is 1. The topological polar surface area (TPSA) is 32.9 Å². The third kappa shape index (κ3) is 1.06. The van der Waals surface area contributed by atoms with Crippen LogP contribution in [0.2, 0.25) is 0 Å². The molecule has 0 fully saturated rings. The Morgan fingerprint density at radius 3 is 2.83 bits per heavy atom. The van der Waals surface area contributed by atoms with Gasteiger partial charge in [-0.25, -0.2) is 0 Å². The second-order valence-electron chi connectivity index (χ2n) is 2.65. The molecule has 1 unspecified atom stereocenters. The molecule has 0 radical (unpaired) electrons. The number of H-pyrrole nitrogens is 1. The molecule has 0 aliphatic rings. The number of para-hydroxylation sites is 1. The first kappa shape index (κ1) is 7.55. The molecule has 0 amide bonds. The largest absolute Gasteiger partial charge is 0.360 e. The van der Waals surface area contributed by atoms with Gasteiger partial charge in [-0.2, -0.15) is 0 Å². The number of fused-ring (bicyclic) bond motifs is 1. The van der Waals surface area contributed by atoms with Gasteiger partial charge in [0.05, 0.1) is 15.7 Å². The van der Waals surface area contributed by atoms with E-state index in [1.54, 1.807) is 12.5 Å². The number of aromatic amines is 1. The molecule has 0 saturated heterocycles. The lowest BCUT2D eigenvalue weighted by Gasteiger charge is -1.91. The Balaban J connectivity index is 2.79. The molecule has 1 aromatic heterocycles. The van der Waals surface area contributed by atoms with Crippen LogP contribution in [0.25, 0.3) is 10.9 Å². The lowest BCUT2D eigenvalue weighted by molar-refractivity contribution is 0.687. The standard InChI is InChI=1S/C9H9NOS/c1-12(11)9-6-10-8-5-3-2-4-7(8)9/h2-6,10H,1H3. The minimum atomic E-state index is -0.904. The number of benzene rings is 1. The second-order valence-corrected chi connectivity index (χ2v) is 4.00. The van der Waals surface area contributed by atoms with Gasteiger partial charge in [-0.1, -0.05) is 18.2 Å². The summed E-state index contributed by atoms with van der Waals surface area (Å²) < 4.78 is 11.2. The molecule has 2 aromatic rings. The highest BCUT2D eigenvalue weighted by atomic mass is 32.2. The molecule has 0 aliphatic carbocycles. The second kappa shape index (κ2) is 2.75. The molecule has 1 aromatic carbocycles. The third-order valence-corrected chi connectivity index (χ3v) is 2.82. The van der Waals surface area contributed by atoms with Crippen LogP contribution >= 0.6 is 0 Å². The predicted octanol–water partition coefficient (Wildman–Crippen LogP) is 1.91. The Morgan fingerprint density at radius 1 is 1.33 bits per heavy atom. The number of rotatable bonds is 1. The summed E-state index contributed by atoms with van der Waals surface area (Å²) in [7, 11) is -0.904. The summed E-state index contributed by atoms with van der Waals surface area (Å²) in [5, 5.41) is 1.05. The van der Waals surface area contributed by atoms with Crippen molar-refractivity contribution in [1.82, 2.24) is 4.98 Å². The minimum absolute atomic E-state index is 0.880. The molecule has 0 spiro atoms. The molecule has 0 saturated carbocycles. The molecule has 2 rings (SSSR count). The van der Waals surface area contributed by atoms with Gasteiger partial charge in [0.25, 0.3) is 0 Å². The molecule has 3 heteroatoms. The van der Waals surface area contributed by atoms with E-state index in [0.29, 0.717) is 0 Å². The molecular weight excluding hydrogens is 170 g/mol. The first-order valence-corrected chi connectivity index (χ1v) is 5.24. The van der Waals surface area contributed by atoms with E-state index in [2.05, 4.69) is 4.98 Å². The molecule has 1 N–H and O–H groups in total. The van der Waals surface area contributed by atoms with E-state index in [1.165, 1.54) is 0 Å². The highest BCUT2D eigenvalue weighted by Crippen LogP contribution is 2.19. The zero-order chi connectivity index (χ0) is 8.55. The Hall–Kier alpha value is -1.09. The summed E-state index contributed by atoms with van der Waals surface area (Å²) in [6.07, 6.45) is 3.50. The average molecular weight is 179 g/mol. The highest BCUT2D eigenvalue weighted by molar-refractivity contribution is 7.84. The van der Waals surface area contributed by atoms with Crippen molar-refractivity contribution >= 4 is 21.7 Å². The fourth-order valence-electron chi connectivity index (χ4n) is 1.28. The Labute approximate surface area is 73.1 Å². The van der Waals surface area contributed by atoms with Crippen molar-refractivity contribution in [3.63, 3.8) is 0 Å². The van der Waals surface area contributed by atoms with Crippen LogP contribution < -0.4 is 0 Å². The predicted molar refractivity (Wildman–Crippen MR) is 50.6 cm³/mol. The number of aromatic nitrogens is 1. The van der Waals surface area contributed by atoms with Gasteiger partial charge in [0, 0.05) is 23.4 Å². The van der Waals surface area contributed by atoms with Crippen molar-refractivity contribution in [3.8, 4) is 0 Å². The van der Waals surface area contributed by atoms with Crippen molar-refractivity contribution in [1.29, 1.82) is 0 Å². The molecule has 0 bridgehead atoms. The minimum Gasteiger partial charge on any atom is -0.360 e. The lowest BCUT2D eigenvalue weighted by Crippen LogP contribution is -1.83. The first-order chi connectivity index (χ1) is 5.79. The van der Waals surface area contributed by atoms with Crippen LogP contribution in [-0.2, 0) is 10.8 Å². The Morgan fingerprint density at radius 2 is 2.08 bits per heavy atom. The van der Waals surface area contributed by atoms with Crippen LogP contribution in [0, 0.1) is 0 Å². The smallest absolute Gasteiger partial charge is 0.0638 e. The summed E-state index contributed by atoms with van der Waals surface area (Å²) in [5.41, 5.74) is 1.04. The average Bonchev–Trinajstić information content (AvgIpc) is 2.47. The number of nitrogens with one attached hydrogen (secondary N) is 1. The summed E-state index contributed by atoms with van der Waals surface area (Å²) in [5.74, 6) is 0. The van der Waals surface area contributed by atoms with E-state index in [9.17, 15) is 4.21 Å². The van der Waals surface area contributed by atoms with Gasteiger partial charge in [-0.15, -0.1) is 0 Å². The third-order valence-electron chi connectivity index (χ3n) is 1.86. The van der Waals surface area contributed by atoms with Crippen molar-refractivity contribution in [2.75, 3.05) is 6.26 Å². The summed E-state index contributed by atoms with van der Waals surface area (Å²) in [6.45, 7) is 0. The zero-order valence-corrected chi connectivity index (χ0v) is 7.52. The molecular formula is C9H9NOS. The fourth-order valence-corrected chi connectivity index (χ4v) is 2.00. The van der Waals surface area contributed by atoms with Gasteiger partial charge in [0.2, 0.25) is 0 Å². The van der Waals surface area contributed by atoms with Gasteiger partial charge in [-0.05, 0) is 6.07 Å². The molecule has 1 atom stereocenters. The fraction of sp³-hybridized carbons (Fsp3) is 0.111. The Bertz CT molecular complexity index is 433. The van der Waals surface area contributed by atoms with Gasteiger partial charge < -0.3 is 4.98 Å². The monoisotopic (exact) mass is 179 g/mol. The SMILES string of the molecule is CS(=O)c1c[nH]c2ccccc12. The Kier molecular flexibility index (Phi) is 1.73. The maximum absolute atomic E-state index is 11.2. The van der Waals surface area contributed by atoms with Crippen molar-refractivity contribution in [2.24, 2.45) is 0 Å². The molecule has 2 nitrogen and oxygen atoms in total. The van der Waals surface area contributed by atoms with Crippen LogP contribution in [0.4, 0.5) is 0 Å². The van der Waals surface area contributed by atoms with Gasteiger partial charge in [0.1, 0.15) is 0 Å². The number of hydrogen-bond donors (Lipinski definition) is 1. The molecule has 12 heavy (non-hydrogen) atoms. The summed E-state index contributed by atoms with van der Waals surface area (Å²) >= 11 is 0. The van der Waals surface area contributed by atoms with Crippen molar-refractivity contribution in [3.05, 3.63) is 30.5 Å². The van der Waals surface area contributed by atoms with Crippen molar-refractivity contribution in [2.45, 2.75) is 4.90 Å². The van der Waals surface area contributed by atoms with E-state index >= 15 is 0 Å². The van der Waals surface area contributed by atoms with Crippen LogP contribution in [-0.4, -0.2) is 15.4 Å². The summed E-state index contributed by atoms with van der Waals surface area (Å²) in [6, 6.07) is 7.86. The lowest BCUT2D eigenvalue weighted by atomic mass is 10.2. The first-order valence-electron chi connectivity index (χ1n) is 3.68. The highest BCUT2D eigenvalue weighted by Gasteiger charge is 2.04. The zero-order valence-electron chi connectivity index (χ0n) is 6.70. The van der Waals surface area contributed by atoms with Crippen LogP contribution in [0.1, 0.15) is 0 Å². The van der Waals surface area contributed by atoms with Gasteiger partial charge >= 0.3 is 0 Å². The molecule has 0 aliphatic heterocycles. The molecule has 62 valence electrons. The van der Waals surface area contributed by atoms with Crippen LogP contribution in [0.3, 0.4) is 0 Å². The van der Waals surface area contributed by atoms with Gasteiger partial charge in [-0.3, -0.25) is 4.21 Å². The normalized spacial score (nSPS) is 13.4. The van der Waals surface area contributed by atoms with E-state index < -0.39 is 10.8 Å². The van der Waals surface area contributed by atoms with E-state index in [-0.39, 0.29) is 0 Å². The summed E-state index contributed by atoms with van der Waals surface area (Å²) in [4.78, 5) is 3.96. The van der Waals surface area contributed by atoms with Crippen molar-refractivity contribution < 1.29 is 4.21 Å². The van der Waals surface area contributed by atoms with Crippen LogP contribution in [0.15, 0.2) is 35.4 Å². The maximum Gasteiger partial charge on any atom is 0.0638 e. The van der Waals surface area contributed by atoms with E-state index in [4.69, 9.17) is 0 Å². The van der Waals surface area contributed by atoms with Crippen LogP contribution in [0.5, 0.6) is 0 Å². The van der Waals surface area contributed by atoms with E-state index in [1.807, 2.05) is 24.3 Å². The quantitative estimate of drug-likeness (QED) is 0.712. The molecule has 1 heterocycles. The van der Waals surface area contributed by atoms with E-state index in [0.717, 1.165) is 15.8 Å². The maximum atomic E-state index is 11.2.